The topological polar surface area (TPSA) is 66.6 Å². The zero-order valence-electron chi connectivity index (χ0n) is 14.9. The van der Waals surface area contributed by atoms with Crippen LogP contribution >= 0.6 is 0 Å². The van der Waals surface area contributed by atoms with E-state index in [1.807, 2.05) is 35.2 Å². The summed E-state index contributed by atoms with van der Waals surface area (Å²) >= 11 is 0. The molecule has 1 heterocycles. The molecular formula is C20H30N2O2. The van der Waals surface area contributed by atoms with E-state index in [9.17, 15) is 9.90 Å². The van der Waals surface area contributed by atoms with Gasteiger partial charge in [-0.15, -0.1) is 0 Å². The van der Waals surface area contributed by atoms with Gasteiger partial charge in [-0.3, -0.25) is 4.79 Å². The van der Waals surface area contributed by atoms with Gasteiger partial charge in [-0.05, 0) is 43.6 Å². The Hall–Kier alpha value is -1.39. The van der Waals surface area contributed by atoms with E-state index < -0.39 is 5.60 Å². The van der Waals surface area contributed by atoms with E-state index in [0.29, 0.717) is 31.8 Å². The molecule has 2 atom stereocenters. The van der Waals surface area contributed by atoms with Crippen molar-refractivity contribution < 1.29 is 9.90 Å². The molecule has 0 aromatic heterocycles. The smallest absolute Gasteiger partial charge is 0.229 e. The van der Waals surface area contributed by atoms with Crippen molar-refractivity contribution in [2.45, 2.75) is 57.6 Å². The van der Waals surface area contributed by atoms with Crippen LogP contribution in [0.3, 0.4) is 0 Å². The molecule has 1 saturated heterocycles. The summed E-state index contributed by atoms with van der Waals surface area (Å²) in [5.41, 5.74) is 5.97. The second kappa shape index (κ2) is 6.49. The minimum Gasteiger partial charge on any atom is -0.385 e. The Morgan fingerprint density at radius 2 is 1.83 bits per heavy atom. The number of hydrogen-bond acceptors (Lipinski definition) is 3. The molecule has 4 heteroatoms. The third kappa shape index (κ3) is 2.98. The monoisotopic (exact) mass is 330 g/mol. The lowest BCUT2D eigenvalue weighted by Gasteiger charge is -2.43. The summed E-state index contributed by atoms with van der Waals surface area (Å²) in [6, 6.07) is 9.96. The predicted molar refractivity (Wildman–Crippen MR) is 95.3 cm³/mol. The highest BCUT2D eigenvalue weighted by molar-refractivity contribution is 5.83. The molecule has 1 aromatic rings. The molecule has 24 heavy (non-hydrogen) atoms. The van der Waals surface area contributed by atoms with Gasteiger partial charge in [0.05, 0.1) is 11.0 Å². The van der Waals surface area contributed by atoms with Crippen molar-refractivity contribution in [1.29, 1.82) is 0 Å². The number of likely N-dealkylation sites (tertiary alicyclic amines) is 1. The molecule has 0 bridgehead atoms. The Balaban J connectivity index is 1.71. The molecule has 3 rings (SSSR count). The molecule has 4 nitrogen and oxygen atoms in total. The van der Waals surface area contributed by atoms with Crippen LogP contribution in [0.1, 0.15) is 51.5 Å². The zero-order chi connectivity index (χ0) is 17.4. The molecule has 2 fully saturated rings. The van der Waals surface area contributed by atoms with Crippen molar-refractivity contribution in [3.05, 3.63) is 35.9 Å². The quantitative estimate of drug-likeness (QED) is 0.895. The maximum absolute atomic E-state index is 13.2. The highest BCUT2D eigenvalue weighted by Gasteiger charge is 2.49. The fourth-order valence-electron chi connectivity index (χ4n) is 4.51. The van der Waals surface area contributed by atoms with Gasteiger partial charge in [0.2, 0.25) is 5.91 Å². The zero-order valence-corrected chi connectivity index (χ0v) is 14.9. The molecule has 0 spiro atoms. The van der Waals surface area contributed by atoms with Crippen LogP contribution in [-0.2, 0) is 10.4 Å². The molecule has 3 N–H and O–H groups in total. The summed E-state index contributed by atoms with van der Waals surface area (Å²) in [6.45, 7) is 5.52. The van der Waals surface area contributed by atoms with Gasteiger partial charge in [0.1, 0.15) is 0 Å². The van der Waals surface area contributed by atoms with Crippen LogP contribution in [-0.4, -0.2) is 35.0 Å². The van der Waals surface area contributed by atoms with E-state index in [-0.39, 0.29) is 17.4 Å². The molecule has 1 saturated carbocycles. The van der Waals surface area contributed by atoms with E-state index >= 15 is 0 Å². The van der Waals surface area contributed by atoms with E-state index in [0.717, 1.165) is 24.8 Å². The molecule has 2 unspecified atom stereocenters. The third-order valence-electron chi connectivity index (χ3n) is 6.31. The summed E-state index contributed by atoms with van der Waals surface area (Å²) in [4.78, 5) is 15.2. The molecule has 1 amide bonds. The van der Waals surface area contributed by atoms with Gasteiger partial charge in [0.25, 0.3) is 0 Å². The lowest BCUT2D eigenvalue weighted by atomic mass is 9.73. The number of rotatable bonds is 3. The minimum absolute atomic E-state index is 0.141. The average Bonchev–Trinajstić information content (AvgIpc) is 2.99. The van der Waals surface area contributed by atoms with E-state index in [2.05, 4.69) is 13.8 Å². The van der Waals surface area contributed by atoms with Crippen molar-refractivity contribution in [3.8, 4) is 0 Å². The van der Waals surface area contributed by atoms with Gasteiger partial charge in [0.15, 0.2) is 0 Å². The Morgan fingerprint density at radius 3 is 2.33 bits per heavy atom. The number of benzene rings is 1. The number of carbonyl (C=O) groups excluding carboxylic acids is 1. The lowest BCUT2D eigenvalue weighted by molar-refractivity contribution is -0.149. The number of carbonyl (C=O) groups is 1. The predicted octanol–water partition coefficient (Wildman–Crippen LogP) is 2.65. The summed E-state index contributed by atoms with van der Waals surface area (Å²) in [5.74, 6) is 0.550. The van der Waals surface area contributed by atoms with Crippen molar-refractivity contribution >= 4 is 5.91 Å². The third-order valence-corrected chi connectivity index (χ3v) is 6.31. The number of nitrogens with two attached hydrogens (primary N) is 1. The Labute approximate surface area is 145 Å². The van der Waals surface area contributed by atoms with Gasteiger partial charge in [-0.25, -0.2) is 0 Å². The first-order valence-electron chi connectivity index (χ1n) is 9.20. The number of hydrogen-bond donors (Lipinski definition) is 2. The van der Waals surface area contributed by atoms with Crippen LogP contribution in [0, 0.1) is 11.3 Å². The number of aliphatic hydroxyl groups is 1. The molecule has 1 aliphatic heterocycles. The summed E-state index contributed by atoms with van der Waals surface area (Å²) < 4.78 is 0. The molecule has 0 radical (unpaired) electrons. The van der Waals surface area contributed by atoms with Gasteiger partial charge < -0.3 is 15.7 Å². The molecular weight excluding hydrogens is 300 g/mol. The first kappa shape index (κ1) is 17.4. The average molecular weight is 330 g/mol. The molecule has 132 valence electrons. The van der Waals surface area contributed by atoms with Crippen molar-refractivity contribution in [3.63, 3.8) is 0 Å². The van der Waals surface area contributed by atoms with E-state index in [1.165, 1.54) is 0 Å². The van der Waals surface area contributed by atoms with Crippen LogP contribution in [0.25, 0.3) is 0 Å². The van der Waals surface area contributed by atoms with Crippen LogP contribution in [0.15, 0.2) is 30.3 Å². The largest absolute Gasteiger partial charge is 0.385 e. The Kier molecular flexibility index (Phi) is 4.71. The SMILES string of the molecule is CC(C)C1(C(=O)N2CCC(O)(c3ccccc3)CC2)CCC(N)C1. The van der Waals surface area contributed by atoms with Crippen LogP contribution < -0.4 is 5.73 Å². The second-order valence-electron chi connectivity index (χ2n) is 8.00. The first-order chi connectivity index (χ1) is 11.4. The Morgan fingerprint density at radius 1 is 1.21 bits per heavy atom. The number of amides is 1. The van der Waals surface area contributed by atoms with Crippen molar-refractivity contribution in [1.82, 2.24) is 4.90 Å². The summed E-state index contributed by atoms with van der Waals surface area (Å²) in [5, 5.41) is 11.0. The standard InChI is InChI=1S/C20H30N2O2/c1-15(2)19(9-8-17(21)14-19)18(23)22-12-10-20(24,11-13-22)16-6-4-3-5-7-16/h3-7,15,17,24H,8-14,21H2,1-2H3. The normalized spacial score (nSPS) is 29.9. The van der Waals surface area contributed by atoms with Gasteiger partial charge in [-0.2, -0.15) is 0 Å². The number of piperidine rings is 1. The highest BCUT2D eigenvalue weighted by Crippen LogP contribution is 2.46. The maximum atomic E-state index is 13.2. The molecule has 1 aromatic carbocycles. The fourth-order valence-corrected chi connectivity index (χ4v) is 4.51. The van der Waals surface area contributed by atoms with Crippen LogP contribution in [0.2, 0.25) is 0 Å². The number of nitrogens with zero attached hydrogens (tertiary/aromatic N) is 1. The fraction of sp³-hybridized carbons (Fsp3) is 0.650. The van der Waals surface area contributed by atoms with Gasteiger partial charge in [0, 0.05) is 19.1 Å². The summed E-state index contributed by atoms with van der Waals surface area (Å²) in [6.07, 6.45) is 3.82. The van der Waals surface area contributed by atoms with Crippen LogP contribution in [0.4, 0.5) is 0 Å². The second-order valence-corrected chi connectivity index (χ2v) is 8.00. The molecule has 2 aliphatic rings. The van der Waals surface area contributed by atoms with Gasteiger partial charge in [-0.1, -0.05) is 44.2 Å². The van der Waals surface area contributed by atoms with Crippen LogP contribution in [0.5, 0.6) is 0 Å². The van der Waals surface area contributed by atoms with Crippen molar-refractivity contribution in [2.24, 2.45) is 17.1 Å². The van der Waals surface area contributed by atoms with Crippen molar-refractivity contribution in [2.75, 3.05) is 13.1 Å². The van der Waals surface area contributed by atoms with E-state index in [1.54, 1.807) is 0 Å². The highest BCUT2D eigenvalue weighted by atomic mass is 16.3. The molecule has 1 aliphatic carbocycles. The minimum atomic E-state index is -0.810. The Bertz CT molecular complexity index is 579. The van der Waals surface area contributed by atoms with Gasteiger partial charge >= 0.3 is 0 Å². The summed E-state index contributed by atoms with van der Waals surface area (Å²) in [7, 11) is 0. The maximum Gasteiger partial charge on any atom is 0.229 e. The van der Waals surface area contributed by atoms with E-state index in [4.69, 9.17) is 5.73 Å². The first-order valence-corrected chi connectivity index (χ1v) is 9.20. The lowest BCUT2D eigenvalue weighted by Crippen LogP contribution is -2.51.